The summed E-state index contributed by atoms with van der Waals surface area (Å²) >= 11 is 6.79. The van der Waals surface area contributed by atoms with E-state index in [2.05, 4.69) is 15.5 Å². The molecule has 1 aromatic heterocycles. The molecule has 25 heavy (non-hydrogen) atoms. The number of benzene rings is 1. The Morgan fingerprint density at radius 1 is 1.44 bits per heavy atom. The second-order valence-corrected chi connectivity index (χ2v) is 7.43. The zero-order chi connectivity index (χ0) is 18.2. The van der Waals surface area contributed by atoms with Crippen molar-refractivity contribution < 1.29 is 18.0 Å². The fraction of sp³-hybridized carbons (Fsp3) is 0.400. The summed E-state index contributed by atoms with van der Waals surface area (Å²) in [5.41, 5.74) is -1.30. The van der Waals surface area contributed by atoms with Gasteiger partial charge in [0.1, 0.15) is 6.33 Å². The second kappa shape index (κ2) is 6.87. The Morgan fingerprint density at radius 2 is 2.16 bits per heavy atom. The fourth-order valence-electron chi connectivity index (χ4n) is 2.23. The number of carbonyl (C=O) groups is 1. The predicted octanol–water partition coefficient (Wildman–Crippen LogP) is 4.40. The summed E-state index contributed by atoms with van der Waals surface area (Å²) in [6.07, 6.45) is -0.945. The van der Waals surface area contributed by atoms with Crippen LogP contribution in [0.25, 0.3) is 0 Å². The van der Waals surface area contributed by atoms with Crippen LogP contribution < -0.4 is 5.32 Å². The largest absolute Gasteiger partial charge is 0.418 e. The van der Waals surface area contributed by atoms with Gasteiger partial charge in [-0.1, -0.05) is 23.4 Å². The Labute approximate surface area is 150 Å². The molecule has 1 saturated carbocycles. The van der Waals surface area contributed by atoms with Gasteiger partial charge in [-0.2, -0.15) is 13.2 Å². The van der Waals surface area contributed by atoms with Gasteiger partial charge in [0, 0.05) is 11.1 Å². The van der Waals surface area contributed by atoms with Crippen molar-refractivity contribution in [2.45, 2.75) is 42.4 Å². The zero-order valence-corrected chi connectivity index (χ0v) is 14.6. The Balaban J connectivity index is 1.72. The Morgan fingerprint density at radius 3 is 2.80 bits per heavy atom. The Hall–Kier alpha value is -1.74. The molecule has 0 saturated heterocycles. The van der Waals surface area contributed by atoms with E-state index in [1.165, 1.54) is 6.07 Å². The topological polar surface area (TPSA) is 59.8 Å². The maximum absolute atomic E-state index is 13.1. The van der Waals surface area contributed by atoms with Crippen molar-refractivity contribution >= 4 is 35.0 Å². The van der Waals surface area contributed by atoms with Crippen LogP contribution in [-0.2, 0) is 11.0 Å². The van der Waals surface area contributed by atoms with Crippen LogP contribution in [0.5, 0.6) is 0 Å². The lowest BCUT2D eigenvalue weighted by molar-refractivity contribution is -0.137. The molecule has 3 rings (SSSR count). The van der Waals surface area contributed by atoms with Gasteiger partial charge in [-0.15, -0.1) is 10.2 Å². The van der Waals surface area contributed by atoms with E-state index in [4.69, 9.17) is 11.6 Å². The summed E-state index contributed by atoms with van der Waals surface area (Å²) < 4.78 is 41.2. The molecule has 1 fully saturated rings. The number of nitrogens with zero attached hydrogens (tertiary/aromatic N) is 3. The van der Waals surface area contributed by atoms with E-state index in [1.54, 1.807) is 13.3 Å². The van der Waals surface area contributed by atoms with Gasteiger partial charge in [-0.3, -0.25) is 4.79 Å². The molecule has 1 unspecified atom stereocenters. The SMILES string of the molecule is CC(Sc1nncn1C1CC1)C(=O)Nc1ccc(Cl)cc1C(F)(F)F. The van der Waals surface area contributed by atoms with Crippen molar-refractivity contribution in [2.24, 2.45) is 0 Å². The van der Waals surface area contributed by atoms with E-state index >= 15 is 0 Å². The number of alkyl halides is 3. The molecule has 1 heterocycles. The number of carbonyl (C=O) groups excluding carboxylic acids is 1. The lowest BCUT2D eigenvalue weighted by atomic mass is 10.1. The van der Waals surface area contributed by atoms with Gasteiger partial charge in [-0.05, 0) is 38.0 Å². The molecule has 1 N–H and O–H groups in total. The van der Waals surface area contributed by atoms with E-state index in [-0.39, 0.29) is 10.7 Å². The lowest BCUT2D eigenvalue weighted by Gasteiger charge is -2.16. The highest BCUT2D eigenvalue weighted by Gasteiger charge is 2.35. The minimum Gasteiger partial charge on any atom is -0.325 e. The maximum Gasteiger partial charge on any atom is 0.418 e. The van der Waals surface area contributed by atoms with E-state index in [0.717, 1.165) is 36.7 Å². The van der Waals surface area contributed by atoms with Crippen molar-refractivity contribution in [3.8, 4) is 0 Å². The van der Waals surface area contributed by atoms with Crippen LogP contribution in [0.2, 0.25) is 5.02 Å². The number of aromatic nitrogens is 3. The molecule has 2 aromatic rings. The standard InChI is InChI=1S/C15H14ClF3N4OS/c1-8(25-14-22-20-7-23(14)10-3-4-10)13(24)21-12-5-2-9(16)6-11(12)15(17,18)19/h2,5-8,10H,3-4H2,1H3,(H,21,24). The number of rotatable bonds is 5. The quantitative estimate of drug-likeness (QED) is 0.768. The van der Waals surface area contributed by atoms with Crippen molar-refractivity contribution in [3.05, 3.63) is 35.1 Å². The molecular formula is C15H14ClF3N4OS. The molecule has 0 radical (unpaired) electrons. The Bertz CT molecular complexity index is 791. The number of hydrogen-bond donors (Lipinski definition) is 1. The molecule has 5 nitrogen and oxygen atoms in total. The summed E-state index contributed by atoms with van der Waals surface area (Å²) in [7, 11) is 0. The molecule has 134 valence electrons. The third kappa shape index (κ3) is 4.27. The molecule has 1 aliphatic carbocycles. The third-order valence-corrected chi connectivity index (χ3v) is 4.98. The van der Waals surface area contributed by atoms with Crippen LogP contribution in [0, 0.1) is 0 Å². The first-order valence-electron chi connectivity index (χ1n) is 7.49. The summed E-state index contributed by atoms with van der Waals surface area (Å²) in [5, 5.41) is 10.0. The minimum atomic E-state index is -4.62. The monoisotopic (exact) mass is 390 g/mol. The summed E-state index contributed by atoms with van der Waals surface area (Å²) in [5.74, 6) is -0.553. The van der Waals surface area contributed by atoms with Gasteiger partial charge in [0.25, 0.3) is 0 Å². The number of halogens is 4. The summed E-state index contributed by atoms with van der Waals surface area (Å²) in [4.78, 5) is 12.3. The van der Waals surface area contributed by atoms with E-state index in [9.17, 15) is 18.0 Å². The fourth-order valence-corrected chi connectivity index (χ4v) is 3.29. The van der Waals surface area contributed by atoms with Crippen molar-refractivity contribution in [1.82, 2.24) is 14.8 Å². The summed E-state index contributed by atoms with van der Waals surface area (Å²) in [6.45, 7) is 1.61. The molecule has 0 spiro atoms. The highest BCUT2D eigenvalue weighted by molar-refractivity contribution is 8.00. The predicted molar refractivity (Wildman–Crippen MR) is 88.7 cm³/mol. The maximum atomic E-state index is 13.1. The van der Waals surface area contributed by atoms with Crippen molar-refractivity contribution in [3.63, 3.8) is 0 Å². The molecule has 1 aliphatic rings. The van der Waals surface area contributed by atoms with Crippen LogP contribution in [0.3, 0.4) is 0 Å². The van der Waals surface area contributed by atoms with Crippen molar-refractivity contribution in [1.29, 1.82) is 0 Å². The Kier molecular flexibility index (Phi) is 4.97. The molecule has 1 atom stereocenters. The zero-order valence-electron chi connectivity index (χ0n) is 13.0. The normalized spacial score (nSPS) is 15.9. The first kappa shape index (κ1) is 18.1. The van der Waals surface area contributed by atoms with Gasteiger partial charge in [-0.25, -0.2) is 0 Å². The highest BCUT2D eigenvalue weighted by Crippen LogP contribution is 2.39. The minimum absolute atomic E-state index is 0.0507. The van der Waals surface area contributed by atoms with Crippen LogP contribution >= 0.6 is 23.4 Å². The third-order valence-electron chi connectivity index (χ3n) is 3.68. The highest BCUT2D eigenvalue weighted by atomic mass is 35.5. The average molecular weight is 391 g/mol. The molecule has 0 bridgehead atoms. The van der Waals surface area contributed by atoms with Gasteiger partial charge in [0.05, 0.1) is 16.5 Å². The van der Waals surface area contributed by atoms with Gasteiger partial charge in [0.2, 0.25) is 5.91 Å². The first-order valence-corrected chi connectivity index (χ1v) is 8.75. The molecule has 0 aliphatic heterocycles. The number of thioether (sulfide) groups is 1. The summed E-state index contributed by atoms with van der Waals surface area (Å²) in [6, 6.07) is 3.58. The van der Waals surface area contributed by atoms with Crippen molar-refractivity contribution in [2.75, 3.05) is 5.32 Å². The lowest BCUT2D eigenvalue weighted by Crippen LogP contribution is -2.24. The average Bonchev–Trinajstić information content (AvgIpc) is 3.28. The molecular weight excluding hydrogens is 377 g/mol. The van der Waals surface area contributed by atoms with Gasteiger partial charge >= 0.3 is 6.18 Å². The number of nitrogens with one attached hydrogen (secondary N) is 1. The number of anilines is 1. The first-order chi connectivity index (χ1) is 11.8. The van der Waals surface area contributed by atoms with Gasteiger partial charge < -0.3 is 9.88 Å². The molecule has 1 amide bonds. The van der Waals surface area contributed by atoms with Crippen LogP contribution in [0.4, 0.5) is 18.9 Å². The molecule has 10 heteroatoms. The van der Waals surface area contributed by atoms with Crippen LogP contribution in [0.15, 0.2) is 29.7 Å². The van der Waals surface area contributed by atoms with Crippen LogP contribution in [-0.4, -0.2) is 25.9 Å². The van der Waals surface area contributed by atoms with Crippen LogP contribution in [0.1, 0.15) is 31.4 Å². The second-order valence-electron chi connectivity index (χ2n) is 5.69. The van der Waals surface area contributed by atoms with E-state index < -0.39 is 22.9 Å². The van der Waals surface area contributed by atoms with Gasteiger partial charge in [0.15, 0.2) is 5.16 Å². The number of amides is 1. The van der Waals surface area contributed by atoms with E-state index in [1.807, 2.05) is 4.57 Å². The number of hydrogen-bond acceptors (Lipinski definition) is 4. The van der Waals surface area contributed by atoms with E-state index in [0.29, 0.717) is 11.2 Å². The molecule has 1 aromatic carbocycles. The smallest absolute Gasteiger partial charge is 0.325 e.